The van der Waals surface area contributed by atoms with Crippen LogP contribution >= 0.6 is 0 Å². The van der Waals surface area contributed by atoms with Gasteiger partial charge >= 0.3 is 6.18 Å². The number of aliphatic hydroxyl groups is 1. The maximum atomic E-state index is 14.5. The van der Waals surface area contributed by atoms with Crippen molar-refractivity contribution in [1.29, 1.82) is 0 Å². The summed E-state index contributed by atoms with van der Waals surface area (Å²) in [5.74, 6) is -0.395. The number of halogens is 3. The number of benzene rings is 3. The van der Waals surface area contributed by atoms with Crippen molar-refractivity contribution in [3.8, 4) is 11.3 Å². The van der Waals surface area contributed by atoms with E-state index in [0.29, 0.717) is 30.6 Å². The van der Waals surface area contributed by atoms with Gasteiger partial charge in [0.05, 0.1) is 39.4 Å². The average Bonchev–Trinajstić information content (AvgIpc) is 3.84. The molecular weight excluding hydrogens is 629 g/mol. The quantitative estimate of drug-likeness (QED) is 0.211. The van der Waals surface area contributed by atoms with Crippen molar-refractivity contribution in [3.63, 3.8) is 0 Å². The highest BCUT2D eigenvalue weighted by molar-refractivity contribution is 7.90. The van der Waals surface area contributed by atoms with E-state index in [4.69, 9.17) is 4.98 Å². The molecule has 1 saturated heterocycles. The number of likely N-dealkylation sites (tertiary alicyclic amines) is 1. The standard InChI is InChI=1S/C35H37F3N4O4S/c1-47(45,46)27-10-11-28-30(21-27)40-32(23-6-5-9-25(20-23)35(36,37)38)29(22-42-17-12-26(13-18-42)39-16-19-43)31(28)33(44)41-34(14-15-34)24-7-3-2-4-8-24/h2-11,20-21,26,39,43H,12-19,22H2,1H3,(H,41,44). The van der Waals surface area contributed by atoms with Gasteiger partial charge in [-0.3, -0.25) is 9.69 Å². The van der Waals surface area contributed by atoms with Crippen LogP contribution in [0.5, 0.6) is 0 Å². The third-order valence-electron chi connectivity index (χ3n) is 9.12. The number of amides is 1. The van der Waals surface area contributed by atoms with Gasteiger partial charge in [-0.1, -0.05) is 48.5 Å². The van der Waals surface area contributed by atoms with Gasteiger partial charge in [0.25, 0.3) is 5.91 Å². The molecule has 4 aromatic rings. The Morgan fingerprint density at radius 3 is 2.38 bits per heavy atom. The number of aromatic nitrogens is 1. The smallest absolute Gasteiger partial charge is 0.395 e. The molecule has 1 aliphatic carbocycles. The molecule has 3 N–H and O–H groups in total. The van der Waals surface area contributed by atoms with Crippen molar-refractivity contribution in [1.82, 2.24) is 20.5 Å². The van der Waals surface area contributed by atoms with Crippen LogP contribution in [-0.4, -0.2) is 67.9 Å². The van der Waals surface area contributed by atoms with Crippen LogP contribution in [0.15, 0.2) is 77.7 Å². The van der Waals surface area contributed by atoms with Gasteiger partial charge in [-0.15, -0.1) is 0 Å². The molecule has 0 bridgehead atoms. The Morgan fingerprint density at radius 1 is 1.02 bits per heavy atom. The van der Waals surface area contributed by atoms with Crippen LogP contribution in [0.3, 0.4) is 0 Å². The SMILES string of the molecule is CS(=O)(=O)c1ccc2c(C(=O)NC3(c4ccccc4)CC3)c(CN3CCC(NCCO)CC3)c(-c3cccc(C(F)(F)F)c3)nc2c1. The molecule has 0 atom stereocenters. The fourth-order valence-corrected chi connectivity index (χ4v) is 7.09. The third kappa shape index (κ3) is 7.20. The lowest BCUT2D eigenvalue weighted by Crippen LogP contribution is -2.43. The van der Waals surface area contributed by atoms with Crippen molar-refractivity contribution in [2.45, 2.75) is 54.9 Å². The van der Waals surface area contributed by atoms with E-state index in [-0.39, 0.29) is 46.4 Å². The molecule has 8 nitrogen and oxygen atoms in total. The van der Waals surface area contributed by atoms with Crippen molar-refractivity contribution >= 4 is 26.6 Å². The van der Waals surface area contributed by atoms with E-state index in [9.17, 15) is 31.5 Å². The van der Waals surface area contributed by atoms with Gasteiger partial charge in [0.1, 0.15) is 0 Å². The average molecular weight is 667 g/mol. The van der Waals surface area contributed by atoms with Crippen LogP contribution in [0.1, 0.15) is 52.7 Å². The van der Waals surface area contributed by atoms with Gasteiger partial charge in [-0.05, 0) is 68.6 Å². The number of alkyl halides is 3. The number of sulfone groups is 1. The summed E-state index contributed by atoms with van der Waals surface area (Å²) in [6.45, 7) is 2.09. The summed E-state index contributed by atoms with van der Waals surface area (Å²) < 4.78 is 66.7. The summed E-state index contributed by atoms with van der Waals surface area (Å²) in [4.78, 5) is 21.5. The highest BCUT2D eigenvalue weighted by Crippen LogP contribution is 2.46. The predicted octanol–water partition coefficient (Wildman–Crippen LogP) is 5.29. The minimum absolute atomic E-state index is 0.00741. The Morgan fingerprint density at radius 2 is 1.74 bits per heavy atom. The molecule has 3 aromatic carbocycles. The summed E-state index contributed by atoms with van der Waals surface area (Å²) >= 11 is 0. The van der Waals surface area contributed by atoms with E-state index in [1.165, 1.54) is 24.3 Å². The molecule has 2 aliphatic rings. The molecule has 2 fully saturated rings. The molecule has 47 heavy (non-hydrogen) atoms. The summed E-state index contributed by atoms with van der Waals surface area (Å²) in [5, 5.41) is 16.2. The molecule has 0 radical (unpaired) electrons. The first-order chi connectivity index (χ1) is 22.4. The zero-order chi connectivity index (χ0) is 33.4. The highest BCUT2D eigenvalue weighted by Gasteiger charge is 2.46. The maximum absolute atomic E-state index is 14.5. The molecule has 0 unspecified atom stereocenters. The number of hydrogen-bond acceptors (Lipinski definition) is 7. The van der Waals surface area contributed by atoms with Gasteiger partial charge in [0.15, 0.2) is 9.84 Å². The zero-order valence-corrected chi connectivity index (χ0v) is 26.8. The Balaban J connectivity index is 1.52. The van der Waals surface area contributed by atoms with E-state index >= 15 is 0 Å². The van der Waals surface area contributed by atoms with Gasteiger partial charge in [-0.25, -0.2) is 13.4 Å². The number of carbonyl (C=O) groups excluding carboxylic acids is 1. The van der Waals surface area contributed by atoms with Crippen molar-refractivity contribution in [3.05, 3.63) is 95.1 Å². The number of aliphatic hydroxyl groups excluding tert-OH is 1. The van der Waals surface area contributed by atoms with Crippen molar-refractivity contribution in [2.24, 2.45) is 0 Å². The van der Waals surface area contributed by atoms with Crippen molar-refractivity contribution in [2.75, 3.05) is 32.5 Å². The second-order valence-corrected chi connectivity index (χ2v) is 14.5. The lowest BCUT2D eigenvalue weighted by molar-refractivity contribution is -0.137. The van der Waals surface area contributed by atoms with Gasteiger partial charge in [0, 0.05) is 41.9 Å². The van der Waals surface area contributed by atoms with Crippen molar-refractivity contribution < 1.29 is 31.5 Å². The number of rotatable bonds is 10. The largest absolute Gasteiger partial charge is 0.416 e. The van der Waals surface area contributed by atoms with Gasteiger partial charge in [0.2, 0.25) is 0 Å². The number of fused-ring (bicyclic) bond motifs is 1. The second kappa shape index (κ2) is 13.0. The number of nitrogens with zero attached hydrogens (tertiary/aromatic N) is 2. The Kier molecular flexibility index (Phi) is 9.14. The second-order valence-electron chi connectivity index (χ2n) is 12.5. The number of nitrogens with one attached hydrogen (secondary N) is 2. The lowest BCUT2D eigenvalue weighted by Gasteiger charge is -2.33. The molecule has 2 heterocycles. The first-order valence-corrected chi connectivity index (χ1v) is 17.6. The summed E-state index contributed by atoms with van der Waals surface area (Å²) in [5.41, 5.74) is 0.857. The lowest BCUT2D eigenvalue weighted by atomic mass is 9.93. The monoisotopic (exact) mass is 666 g/mol. The van der Waals surface area contributed by atoms with E-state index in [0.717, 1.165) is 49.6 Å². The number of carbonyl (C=O) groups is 1. The Hall–Kier alpha value is -3.84. The maximum Gasteiger partial charge on any atom is 0.416 e. The fraction of sp³-hybridized carbons (Fsp3) is 0.371. The van der Waals surface area contributed by atoms with E-state index in [1.807, 2.05) is 30.3 Å². The third-order valence-corrected chi connectivity index (χ3v) is 10.2. The predicted molar refractivity (Wildman–Crippen MR) is 173 cm³/mol. The van der Waals surface area contributed by atoms with Crippen LogP contribution in [-0.2, 0) is 28.1 Å². The van der Waals surface area contributed by atoms with Gasteiger partial charge in [-0.2, -0.15) is 13.2 Å². The van der Waals surface area contributed by atoms with Crippen LogP contribution in [0.4, 0.5) is 13.2 Å². The topological polar surface area (TPSA) is 112 Å². The number of hydrogen-bond donors (Lipinski definition) is 3. The molecule has 12 heteroatoms. The van der Waals surface area contributed by atoms with Crippen LogP contribution < -0.4 is 10.6 Å². The normalized spacial score (nSPS) is 17.1. The molecule has 1 aromatic heterocycles. The minimum atomic E-state index is -4.60. The molecule has 248 valence electrons. The zero-order valence-electron chi connectivity index (χ0n) is 26.0. The van der Waals surface area contributed by atoms with E-state index in [2.05, 4.69) is 15.5 Å². The van der Waals surface area contributed by atoms with Gasteiger partial charge < -0.3 is 15.7 Å². The summed E-state index contributed by atoms with van der Waals surface area (Å²) in [6.07, 6.45) is -0.497. The summed E-state index contributed by atoms with van der Waals surface area (Å²) in [7, 11) is -3.65. The number of piperidine rings is 1. The highest BCUT2D eigenvalue weighted by atomic mass is 32.2. The molecule has 1 saturated carbocycles. The summed E-state index contributed by atoms with van der Waals surface area (Å²) in [6, 6.07) is 19.1. The first-order valence-electron chi connectivity index (χ1n) is 15.7. The molecule has 1 aliphatic heterocycles. The van der Waals surface area contributed by atoms with E-state index in [1.54, 1.807) is 6.07 Å². The van der Waals surface area contributed by atoms with Crippen LogP contribution in [0, 0.1) is 0 Å². The van der Waals surface area contributed by atoms with Crippen LogP contribution in [0.2, 0.25) is 0 Å². The molecular formula is C35H37F3N4O4S. The fourth-order valence-electron chi connectivity index (χ4n) is 6.45. The molecule has 0 spiro atoms. The molecule has 6 rings (SSSR count). The first kappa shape index (κ1) is 33.1. The Labute approximate surface area is 271 Å². The van der Waals surface area contributed by atoms with E-state index < -0.39 is 33.0 Å². The molecule has 1 amide bonds. The van der Waals surface area contributed by atoms with Crippen LogP contribution in [0.25, 0.3) is 22.2 Å². The number of pyridine rings is 1. The Bertz CT molecular complexity index is 1890. The minimum Gasteiger partial charge on any atom is -0.395 e.